The summed E-state index contributed by atoms with van der Waals surface area (Å²) in [5, 5.41) is 14.7. The zero-order chi connectivity index (χ0) is 23.7. The molecule has 3 aliphatic rings. The third-order valence-electron chi connectivity index (χ3n) is 7.39. The van der Waals surface area contributed by atoms with E-state index >= 15 is 0 Å². The summed E-state index contributed by atoms with van der Waals surface area (Å²) in [6.07, 6.45) is -0.487. The molecule has 4 unspecified atom stereocenters. The molecule has 2 N–H and O–H groups in total. The third-order valence-corrected chi connectivity index (χ3v) is 7.99. The number of Topliss-reactive ketones (excluding diaryl/α,β-unsaturated/α-hetero) is 1. The number of hydrogen-bond donors (Lipinski definition) is 2. The van der Waals surface area contributed by atoms with Gasteiger partial charge in [0.1, 0.15) is 28.2 Å². The zero-order valence-electron chi connectivity index (χ0n) is 18.8. The Hall–Kier alpha value is -2.03. The van der Waals surface area contributed by atoms with Gasteiger partial charge < -0.3 is 19.3 Å². The number of benzene rings is 2. The fourth-order valence-electron chi connectivity index (χ4n) is 5.92. The van der Waals surface area contributed by atoms with Crippen molar-refractivity contribution >= 4 is 29.0 Å². The van der Waals surface area contributed by atoms with Gasteiger partial charge in [-0.05, 0) is 24.1 Å². The van der Waals surface area contributed by atoms with Crippen LogP contribution in [0.5, 0.6) is 17.2 Å². The average Bonchev–Trinajstić information content (AvgIpc) is 3.28. The Kier molecular flexibility index (Phi) is 5.53. The summed E-state index contributed by atoms with van der Waals surface area (Å²) in [4.78, 5) is 14.0. The quantitative estimate of drug-likeness (QED) is 0.672. The number of fused-ring (bicyclic) bond motifs is 2. The van der Waals surface area contributed by atoms with Crippen LogP contribution in [0.1, 0.15) is 35.3 Å². The molecule has 5 rings (SSSR count). The first-order valence-corrected chi connectivity index (χ1v) is 11.6. The van der Waals surface area contributed by atoms with Crippen LogP contribution >= 0.6 is 23.2 Å². The first-order chi connectivity index (χ1) is 15.7. The molecule has 2 aromatic rings. The Bertz CT molecular complexity index is 1130. The maximum absolute atomic E-state index is 14.0. The lowest BCUT2D eigenvalue weighted by Gasteiger charge is -2.47. The Morgan fingerprint density at radius 2 is 1.94 bits per heavy atom. The van der Waals surface area contributed by atoms with Gasteiger partial charge in [-0.3, -0.25) is 10.2 Å². The topological polar surface area (TPSA) is 80.3 Å². The Morgan fingerprint density at radius 1 is 1.21 bits per heavy atom. The van der Waals surface area contributed by atoms with Crippen molar-refractivity contribution in [1.29, 1.82) is 0 Å². The van der Waals surface area contributed by atoms with Crippen LogP contribution in [0.4, 0.5) is 0 Å². The molecule has 1 saturated carbocycles. The summed E-state index contributed by atoms with van der Waals surface area (Å²) >= 11 is 12.8. The van der Waals surface area contributed by atoms with Crippen molar-refractivity contribution in [3.8, 4) is 17.2 Å². The molecule has 176 valence electrons. The maximum Gasteiger partial charge on any atom is 0.216 e. The number of hydrogen-bond acceptors (Lipinski definition) is 7. The molecule has 1 saturated heterocycles. The van der Waals surface area contributed by atoms with E-state index in [1.165, 1.54) is 14.2 Å². The number of aliphatic hydroxyl groups is 1. The molecule has 0 amide bonds. The van der Waals surface area contributed by atoms with Crippen molar-refractivity contribution in [1.82, 2.24) is 10.4 Å². The van der Waals surface area contributed by atoms with Crippen molar-refractivity contribution in [2.24, 2.45) is 11.8 Å². The van der Waals surface area contributed by atoms with Crippen LogP contribution in [-0.4, -0.2) is 54.9 Å². The van der Waals surface area contributed by atoms with Gasteiger partial charge in [-0.15, -0.1) is 0 Å². The number of methoxy groups -OCH3 is 2. The van der Waals surface area contributed by atoms with Crippen molar-refractivity contribution < 1.29 is 24.1 Å². The van der Waals surface area contributed by atoms with E-state index in [0.29, 0.717) is 22.9 Å². The Morgan fingerprint density at radius 3 is 2.61 bits per heavy atom. The minimum Gasteiger partial charge on any atom is -0.496 e. The lowest BCUT2D eigenvalue weighted by Crippen LogP contribution is -2.65. The van der Waals surface area contributed by atoms with Gasteiger partial charge in [-0.1, -0.05) is 42.3 Å². The molecule has 2 heterocycles. The molecular formula is C24H26Cl2N2O5. The molecule has 2 aliphatic heterocycles. The number of rotatable bonds is 3. The van der Waals surface area contributed by atoms with E-state index in [1.807, 2.05) is 43.2 Å². The van der Waals surface area contributed by atoms with E-state index < -0.39 is 11.7 Å². The molecule has 7 nitrogen and oxygen atoms in total. The van der Waals surface area contributed by atoms with Gasteiger partial charge in [0.05, 0.1) is 20.3 Å². The van der Waals surface area contributed by atoms with Gasteiger partial charge in [0, 0.05) is 36.0 Å². The number of nitrogens with zero attached hydrogens (tertiary/aromatic N) is 1. The largest absolute Gasteiger partial charge is 0.496 e. The summed E-state index contributed by atoms with van der Waals surface area (Å²) in [6, 6.07) is 8.89. The fraction of sp³-hybridized carbons (Fsp3) is 0.458. The smallest absolute Gasteiger partial charge is 0.216 e. The van der Waals surface area contributed by atoms with Crippen molar-refractivity contribution in [3.63, 3.8) is 0 Å². The molecule has 1 spiro atoms. The number of ketones is 1. The highest BCUT2D eigenvalue weighted by molar-refractivity contribution is 6.35. The number of hydrazine groups is 1. The fourth-order valence-corrected chi connectivity index (χ4v) is 6.38. The van der Waals surface area contributed by atoms with E-state index in [4.69, 9.17) is 37.4 Å². The summed E-state index contributed by atoms with van der Waals surface area (Å²) in [6.45, 7) is 1.93. The second kappa shape index (κ2) is 8.03. The minimum atomic E-state index is -1.49. The second-order valence-corrected chi connectivity index (χ2v) is 9.84. The molecule has 0 radical (unpaired) electrons. The standard InChI is InChI=1S/C24H26Cl2N2O5/c1-11-8-14-17(20(28(2)27-14)12-6-5-7-13(25)9-12)22(29)24(11)23(30)18-15(31-3)10-16(32-4)19(26)21(18)33-24/h5-7,9-11,14,17,20,22,27,29H,8H2,1-4H3/t11-,14?,17?,20?,22?,24+/m1/s1. The van der Waals surface area contributed by atoms with Crippen LogP contribution in [0, 0.1) is 11.8 Å². The lowest BCUT2D eigenvalue weighted by atomic mass is 9.63. The third kappa shape index (κ3) is 3.10. The SMILES string of the molecule is COc1cc(OC)c2c(c1Cl)O[C@]1(C2=O)C(O)C2C(C[C@H]1C)NN(C)C2c1cccc(Cl)c1. The highest BCUT2D eigenvalue weighted by atomic mass is 35.5. The van der Waals surface area contributed by atoms with Gasteiger partial charge in [0.25, 0.3) is 0 Å². The lowest BCUT2D eigenvalue weighted by molar-refractivity contribution is -0.111. The highest BCUT2D eigenvalue weighted by Crippen LogP contribution is 2.57. The molecular weight excluding hydrogens is 467 g/mol. The number of carbonyl (C=O) groups is 1. The van der Waals surface area contributed by atoms with Gasteiger partial charge in [-0.25, -0.2) is 5.01 Å². The van der Waals surface area contributed by atoms with Crippen LogP contribution in [-0.2, 0) is 0 Å². The van der Waals surface area contributed by atoms with Crippen molar-refractivity contribution in [2.45, 2.75) is 37.1 Å². The summed E-state index contributed by atoms with van der Waals surface area (Å²) in [5.74, 6) is -0.0960. The second-order valence-electron chi connectivity index (χ2n) is 9.03. The van der Waals surface area contributed by atoms with Gasteiger partial charge in [-0.2, -0.15) is 0 Å². The maximum atomic E-state index is 14.0. The van der Waals surface area contributed by atoms with Crippen molar-refractivity contribution in [2.75, 3.05) is 21.3 Å². The van der Waals surface area contributed by atoms with Gasteiger partial charge in [0.15, 0.2) is 5.75 Å². The van der Waals surface area contributed by atoms with Crippen LogP contribution in [0.3, 0.4) is 0 Å². The monoisotopic (exact) mass is 492 g/mol. The predicted octanol–water partition coefficient (Wildman–Crippen LogP) is 3.90. The zero-order valence-corrected chi connectivity index (χ0v) is 20.3. The van der Waals surface area contributed by atoms with E-state index in [1.54, 1.807) is 6.07 Å². The van der Waals surface area contributed by atoms with Crippen LogP contribution in [0.25, 0.3) is 0 Å². The molecule has 9 heteroatoms. The molecule has 2 fully saturated rings. The summed E-state index contributed by atoms with van der Waals surface area (Å²) in [5.41, 5.74) is 3.18. The Labute approximate surface area is 202 Å². The predicted molar refractivity (Wildman–Crippen MR) is 124 cm³/mol. The summed E-state index contributed by atoms with van der Waals surface area (Å²) < 4.78 is 17.2. The van der Waals surface area contributed by atoms with E-state index in [0.717, 1.165) is 5.56 Å². The van der Waals surface area contributed by atoms with Gasteiger partial charge in [0.2, 0.25) is 11.4 Å². The first kappa shape index (κ1) is 22.7. The number of nitrogens with one attached hydrogen (secondary N) is 1. The van der Waals surface area contributed by atoms with Gasteiger partial charge >= 0.3 is 0 Å². The molecule has 0 aromatic heterocycles. The molecule has 1 aliphatic carbocycles. The highest BCUT2D eigenvalue weighted by Gasteiger charge is 2.66. The number of carbonyl (C=O) groups excluding carboxylic acids is 1. The molecule has 6 atom stereocenters. The van der Waals surface area contributed by atoms with E-state index in [9.17, 15) is 9.90 Å². The normalized spacial score (nSPS) is 33.1. The first-order valence-electron chi connectivity index (χ1n) is 10.8. The number of halogens is 2. The van der Waals surface area contributed by atoms with Crippen LogP contribution in [0.2, 0.25) is 10.0 Å². The van der Waals surface area contributed by atoms with Crippen LogP contribution in [0.15, 0.2) is 30.3 Å². The minimum absolute atomic E-state index is 0.0402. The number of aliphatic hydroxyl groups excluding tert-OH is 1. The van der Waals surface area contributed by atoms with E-state index in [-0.39, 0.29) is 46.0 Å². The summed E-state index contributed by atoms with van der Waals surface area (Å²) in [7, 11) is 4.89. The van der Waals surface area contributed by atoms with Crippen LogP contribution < -0.4 is 19.6 Å². The molecule has 2 aromatic carbocycles. The molecule has 33 heavy (non-hydrogen) atoms. The number of ether oxygens (including phenoxy) is 3. The Balaban J connectivity index is 1.62. The average molecular weight is 493 g/mol. The van der Waals surface area contributed by atoms with Crippen molar-refractivity contribution in [3.05, 3.63) is 51.5 Å². The molecule has 0 bridgehead atoms. The van der Waals surface area contributed by atoms with E-state index in [2.05, 4.69) is 5.43 Å².